The minimum Gasteiger partial charge on any atom is -0.456 e. The van der Waals surface area contributed by atoms with Gasteiger partial charge in [-0.1, -0.05) is 18.2 Å². The van der Waals surface area contributed by atoms with Gasteiger partial charge in [0.1, 0.15) is 18.3 Å². The summed E-state index contributed by atoms with van der Waals surface area (Å²) in [5.41, 5.74) is 0.394. The summed E-state index contributed by atoms with van der Waals surface area (Å²) in [7, 11) is 0. The van der Waals surface area contributed by atoms with Gasteiger partial charge in [0.15, 0.2) is 0 Å². The first-order valence-corrected chi connectivity index (χ1v) is 5.90. The lowest BCUT2D eigenvalue weighted by atomic mass is 9.89. The van der Waals surface area contributed by atoms with Crippen LogP contribution in [0.2, 0.25) is 0 Å². The third-order valence-electron chi connectivity index (χ3n) is 3.14. The average Bonchev–Trinajstić information content (AvgIpc) is 2.40. The Morgan fingerprint density at radius 2 is 1.72 bits per heavy atom. The zero-order valence-electron chi connectivity index (χ0n) is 9.77. The fraction of sp³-hybridized carbons (Fsp3) is 0.462. The predicted octanol–water partition coefficient (Wildman–Crippen LogP) is 0.0885. The van der Waals surface area contributed by atoms with Crippen molar-refractivity contribution in [2.45, 2.75) is 37.3 Å². The maximum absolute atomic E-state index is 11.8. The fourth-order valence-corrected chi connectivity index (χ4v) is 2.03. The van der Waals surface area contributed by atoms with Gasteiger partial charge >= 0.3 is 5.97 Å². The molecular weight excluding hydrogens is 236 g/mol. The molecule has 0 radical (unpaired) electrons. The zero-order valence-corrected chi connectivity index (χ0v) is 9.77. The molecule has 3 N–H and O–H groups in total. The van der Waals surface area contributed by atoms with Crippen LogP contribution in [-0.2, 0) is 4.74 Å². The van der Waals surface area contributed by atoms with Crippen molar-refractivity contribution in [3.05, 3.63) is 35.9 Å². The van der Waals surface area contributed by atoms with E-state index in [0.29, 0.717) is 18.4 Å². The van der Waals surface area contributed by atoms with Gasteiger partial charge in [0, 0.05) is 0 Å². The monoisotopic (exact) mass is 252 g/mol. The molecule has 0 heterocycles. The molecular formula is C13H16O5. The third kappa shape index (κ3) is 2.69. The van der Waals surface area contributed by atoms with E-state index in [1.165, 1.54) is 0 Å². The number of carbonyl (C=O) groups excluding carboxylic acids is 1. The first kappa shape index (κ1) is 13.0. The first-order valence-electron chi connectivity index (χ1n) is 5.90. The molecule has 0 bridgehead atoms. The van der Waals surface area contributed by atoms with Gasteiger partial charge in [0.2, 0.25) is 0 Å². The minimum atomic E-state index is -1.27. The quantitative estimate of drug-likeness (QED) is 0.649. The van der Waals surface area contributed by atoms with Crippen LogP contribution >= 0.6 is 0 Å². The Morgan fingerprint density at radius 1 is 1.06 bits per heavy atom. The maximum atomic E-state index is 11.8. The second-order valence-corrected chi connectivity index (χ2v) is 4.44. The SMILES string of the molecule is O=C(O[C@@H]1CC[C@@H](O)[C@H](O)[C@@H]1O)c1ccccc1. The molecule has 1 aromatic rings. The van der Waals surface area contributed by atoms with E-state index in [1.807, 2.05) is 0 Å². The summed E-state index contributed by atoms with van der Waals surface area (Å²) >= 11 is 0. The Balaban J connectivity index is 2.00. The molecule has 1 saturated carbocycles. The first-order chi connectivity index (χ1) is 8.59. The molecule has 0 aromatic heterocycles. The molecule has 0 amide bonds. The molecule has 0 spiro atoms. The van der Waals surface area contributed by atoms with Crippen molar-refractivity contribution in [1.29, 1.82) is 0 Å². The predicted molar refractivity (Wildman–Crippen MR) is 62.9 cm³/mol. The molecule has 0 unspecified atom stereocenters. The molecule has 5 heteroatoms. The summed E-state index contributed by atoms with van der Waals surface area (Å²) in [5.74, 6) is -0.539. The van der Waals surface area contributed by atoms with E-state index in [4.69, 9.17) is 4.74 Å². The van der Waals surface area contributed by atoms with E-state index in [2.05, 4.69) is 0 Å². The van der Waals surface area contributed by atoms with Crippen LogP contribution in [0.3, 0.4) is 0 Å². The number of benzene rings is 1. The second-order valence-electron chi connectivity index (χ2n) is 4.44. The number of carbonyl (C=O) groups is 1. The smallest absolute Gasteiger partial charge is 0.338 e. The van der Waals surface area contributed by atoms with E-state index < -0.39 is 30.4 Å². The number of hydrogen-bond acceptors (Lipinski definition) is 5. The standard InChI is InChI=1S/C13H16O5/c14-9-6-7-10(12(16)11(9)15)18-13(17)8-4-2-1-3-5-8/h1-5,9-12,14-16H,6-7H2/t9-,10-,11+,12-/m1/s1. The van der Waals surface area contributed by atoms with E-state index in [-0.39, 0.29) is 0 Å². The van der Waals surface area contributed by atoms with Gasteiger partial charge in [-0.2, -0.15) is 0 Å². The molecule has 1 aliphatic carbocycles. The molecule has 1 fully saturated rings. The lowest BCUT2D eigenvalue weighted by molar-refractivity contribution is -0.137. The highest BCUT2D eigenvalue weighted by molar-refractivity contribution is 5.89. The Labute approximate surface area is 105 Å². The van der Waals surface area contributed by atoms with Crippen molar-refractivity contribution in [3.63, 3.8) is 0 Å². The van der Waals surface area contributed by atoms with Crippen molar-refractivity contribution in [1.82, 2.24) is 0 Å². The maximum Gasteiger partial charge on any atom is 0.338 e. The van der Waals surface area contributed by atoms with Gasteiger partial charge in [-0.15, -0.1) is 0 Å². The van der Waals surface area contributed by atoms with Crippen molar-refractivity contribution in [3.8, 4) is 0 Å². The molecule has 18 heavy (non-hydrogen) atoms. The summed E-state index contributed by atoms with van der Waals surface area (Å²) in [5, 5.41) is 28.6. The third-order valence-corrected chi connectivity index (χ3v) is 3.14. The number of esters is 1. The van der Waals surface area contributed by atoms with Crippen molar-refractivity contribution >= 4 is 5.97 Å². The Kier molecular flexibility index (Phi) is 3.96. The van der Waals surface area contributed by atoms with Crippen LogP contribution in [0.4, 0.5) is 0 Å². The van der Waals surface area contributed by atoms with E-state index >= 15 is 0 Å². The van der Waals surface area contributed by atoms with Crippen LogP contribution < -0.4 is 0 Å². The number of aliphatic hydroxyl groups excluding tert-OH is 3. The summed E-state index contributed by atoms with van der Waals surface area (Å²) in [6.07, 6.45) is -3.64. The van der Waals surface area contributed by atoms with E-state index in [0.717, 1.165) is 0 Å². The van der Waals surface area contributed by atoms with Crippen LogP contribution in [0, 0.1) is 0 Å². The topological polar surface area (TPSA) is 87.0 Å². The Bertz CT molecular complexity index is 405. The van der Waals surface area contributed by atoms with Crippen LogP contribution in [0.1, 0.15) is 23.2 Å². The highest BCUT2D eigenvalue weighted by Gasteiger charge is 2.38. The summed E-state index contributed by atoms with van der Waals surface area (Å²) < 4.78 is 5.15. The summed E-state index contributed by atoms with van der Waals surface area (Å²) in [6.45, 7) is 0. The summed E-state index contributed by atoms with van der Waals surface area (Å²) in [4.78, 5) is 11.8. The van der Waals surface area contributed by atoms with Gasteiger partial charge in [0.05, 0.1) is 11.7 Å². The van der Waals surface area contributed by atoms with Crippen LogP contribution in [-0.4, -0.2) is 45.7 Å². The highest BCUT2D eigenvalue weighted by atomic mass is 16.6. The molecule has 1 aromatic carbocycles. The average molecular weight is 252 g/mol. The van der Waals surface area contributed by atoms with E-state index in [1.54, 1.807) is 30.3 Å². The molecule has 98 valence electrons. The van der Waals surface area contributed by atoms with Gasteiger partial charge in [0.25, 0.3) is 0 Å². The Hall–Kier alpha value is -1.43. The van der Waals surface area contributed by atoms with E-state index in [9.17, 15) is 20.1 Å². The zero-order chi connectivity index (χ0) is 13.1. The van der Waals surface area contributed by atoms with Crippen LogP contribution in [0.25, 0.3) is 0 Å². The van der Waals surface area contributed by atoms with Crippen LogP contribution in [0.15, 0.2) is 30.3 Å². The Morgan fingerprint density at radius 3 is 2.39 bits per heavy atom. The van der Waals surface area contributed by atoms with Crippen LogP contribution in [0.5, 0.6) is 0 Å². The van der Waals surface area contributed by atoms with Gasteiger partial charge in [-0.05, 0) is 25.0 Å². The molecule has 1 aliphatic rings. The highest BCUT2D eigenvalue weighted by Crippen LogP contribution is 2.23. The van der Waals surface area contributed by atoms with Gasteiger partial charge in [-0.25, -0.2) is 4.79 Å². The molecule has 4 atom stereocenters. The number of rotatable bonds is 2. The largest absolute Gasteiger partial charge is 0.456 e. The number of hydrogen-bond donors (Lipinski definition) is 3. The van der Waals surface area contributed by atoms with Gasteiger partial charge in [-0.3, -0.25) is 0 Å². The lowest BCUT2D eigenvalue weighted by Crippen LogP contribution is -2.50. The van der Waals surface area contributed by atoms with Crippen molar-refractivity contribution in [2.24, 2.45) is 0 Å². The molecule has 2 rings (SSSR count). The summed E-state index contributed by atoms with van der Waals surface area (Å²) in [6, 6.07) is 8.44. The molecule has 0 aliphatic heterocycles. The number of aliphatic hydroxyl groups is 3. The number of ether oxygens (including phenoxy) is 1. The van der Waals surface area contributed by atoms with Crippen molar-refractivity contribution in [2.75, 3.05) is 0 Å². The normalized spacial score (nSPS) is 31.9. The molecule has 0 saturated heterocycles. The second kappa shape index (κ2) is 5.48. The molecule has 5 nitrogen and oxygen atoms in total. The van der Waals surface area contributed by atoms with Gasteiger partial charge < -0.3 is 20.1 Å². The minimum absolute atomic E-state index is 0.297. The van der Waals surface area contributed by atoms with Crippen molar-refractivity contribution < 1.29 is 24.9 Å². The fourth-order valence-electron chi connectivity index (χ4n) is 2.03. The lowest BCUT2D eigenvalue weighted by Gasteiger charge is -2.34.